The summed E-state index contributed by atoms with van der Waals surface area (Å²) in [7, 11) is 0. The van der Waals surface area contributed by atoms with Crippen LogP contribution in [0.4, 0.5) is 27.6 Å². The molecule has 2 atom stereocenters. The Bertz CT molecular complexity index is 1620. The van der Waals surface area contributed by atoms with Crippen LogP contribution in [0.15, 0.2) is 53.8 Å². The number of benzene rings is 1. The van der Waals surface area contributed by atoms with E-state index in [2.05, 4.69) is 25.5 Å². The number of hydrogen-bond acceptors (Lipinski definition) is 7. The Morgan fingerprint density at radius 1 is 1.20 bits per heavy atom. The van der Waals surface area contributed by atoms with Crippen LogP contribution < -0.4 is 11.0 Å². The first kappa shape index (κ1) is 27.4. The number of nitrogens with one attached hydrogen (secondary N) is 1. The van der Waals surface area contributed by atoms with Crippen LogP contribution in [0.25, 0.3) is 17.1 Å². The van der Waals surface area contributed by atoms with Crippen LogP contribution in [0.2, 0.25) is 5.02 Å². The topological polar surface area (TPSA) is 133 Å². The van der Waals surface area contributed by atoms with Gasteiger partial charge in [0, 0.05) is 23.2 Å². The largest absolute Gasteiger partial charge is 0.416 e. The number of halogens is 6. The Balaban J connectivity index is 1.43. The van der Waals surface area contributed by atoms with Crippen molar-refractivity contribution in [1.29, 1.82) is 0 Å². The van der Waals surface area contributed by atoms with Gasteiger partial charge in [0.25, 0.3) is 5.92 Å². The van der Waals surface area contributed by atoms with Crippen molar-refractivity contribution in [3.05, 3.63) is 70.4 Å². The Morgan fingerprint density at radius 3 is 2.55 bits per heavy atom. The molecule has 1 fully saturated rings. The molecule has 1 aliphatic rings. The van der Waals surface area contributed by atoms with Crippen molar-refractivity contribution in [1.82, 2.24) is 34.1 Å². The summed E-state index contributed by atoms with van der Waals surface area (Å²) in [4.78, 5) is 33.2. The number of pyridine rings is 1. The first-order valence-electron chi connectivity index (χ1n) is 11.6. The van der Waals surface area contributed by atoms with E-state index in [1.807, 2.05) is 0 Å². The molecule has 1 unspecified atom stereocenters. The maximum atomic E-state index is 13.3. The molecule has 2 N–H and O–H groups in total. The molecule has 11 nitrogen and oxygen atoms in total. The van der Waals surface area contributed by atoms with E-state index < -0.39 is 48.7 Å². The van der Waals surface area contributed by atoms with Gasteiger partial charge in [0.2, 0.25) is 5.91 Å². The zero-order valence-corrected chi connectivity index (χ0v) is 20.8. The molecule has 5 rings (SSSR count). The summed E-state index contributed by atoms with van der Waals surface area (Å²) in [5.41, 5.74) is -0.382. The number of amides is 1. The molecule has 0 bridgehead atoms. The first-order valence-corrected chi connectivity index (χ1v) is 11.9. The fourth-order valence-electron chi connectivity index (χ4n) is 3.81. The summed E-state index contributed by atoms with van der Waals surface area (Å²) < 4.78 is 68.5. The zero-order chi connectivity index (χ0) is 28.8. The van der Waals surface area contributed by atoms with E-state index >= 15 is 0 Å². The third-order valence-electron chi connectivity index (χ3n) is 6.04. The number of rotatable bonds is 8. The molecular weight excluding hydrogens is 567 g/mol. The van der Waals surface area contributed by atoms with E-state index in [1.165, 1.54) is 53.7 Å². The molecule has 4 aromatic rings. The number of hydrogen-bond donors (Lipinski definition) is 2. The second-order valence-electron chi connectivity index (χ2n) is 8.94. The van der Waals surface area contributed by atoms with Gasteiger partial charge in [-0.15, -0.1) is 10.2 Å². The fourth-order valence-corrected chi connectivity index (χ4v) is 3.94. The first-order chi connectivity index (χ1) is 18.8. The van der Waals surface area contributed by atoms with Crippen molar-refractivity contribution in [2.24, 2.45) is 5.92 Å². The SMILES string of the molecule is O=C(Nc1ccncc1-n1cnc(Cn2nc(-c3ccc(Cl)cc3)n(C[C@H](O)C(F)(F)F)c2=O)n1)C1CC1(F)F. The Labute approximate surface area is 225 Å². The number of aromatic nitrogens is 7. The lowest BCUT2D eigenvalue weighted by atomic mass is 10.2. The molecule has 17 heteroatoms. The molecule has 3 aromatic heterocycles. The zero-order valence-electron chi connectivity index (χ0n) is 20.1. The van der Waals surface area contributed by atoms with Crippen molar-refractivity contribution in [3.63, 3.8) is 0 Å². The van der Waals surface area contributed by atoms with E-state index in [4.69, 9.17) is 11.6 Å². The van der Waals surface area contributed by atoms with Gasteiger partial charge in [0.15, 0.2) is 17.8 Å². The van der Waals surface area contributed by atoms with Gasteiger partial charge in [0.1, 0.15) is 24.5 Å². The molecular formula is C23H18ClF5N8O3. The summed E-state index contributed by atoms with van der Waals surface area (Å²) in [5.74, 6) is -5.52. The Kier molecular flexibility index (Phi) is 6.91. The van der Waals surface area contributed by atoms with Crippen LogP contribution in [0.3, 0.4) is 0 Å². The highest BCUT2D eigenvalue weighted by Gasteiger charge is 2.61. The lowest BCUT2D eigenvalue weighted by Gasteiger charge is -2.15. The minimum Gasteiger partial charge on any atom is -0.382 e. The average Bonchev–Trinajstić information content (AvgIpc) is 3.18. The summed E-state index contributed by atoms with van der Waals surface area (Å²) in [5, 5.41) is 20.7. The number of aliphatic hydroxyl groups is 1. The van der Waals surface area contributed by atoms with Gasteiger partial charge < -0.3 is 10.4 Å². The number of nitrogens with zero attached hydrogens (tertiary/aromatic N) is 7. The predicted molar refractivity (Wildman–Crippen MR) is 129 cm³/mol. The minimum atomic E-state index is -4.98. The predicted octanol–water partition coefficient (Wildman–Crippen LogP) is 2.91. The highest BCUT2D eigenvalue weighted by molar-refractivity contribution is 6.30. The molecule has 210 valence electrons. The monoisotopic (exact) mass is 584 g/mol. The molecule has 0 spiro atoms. The van der Waals surface area contributed by atoms with Crippen LogP contribution in [0.1, 0.15) is 12.2 Å². The number of carbonyl (C=O) groups is 1. The van der Waals surface area contributed by atoms with Gasteiger partial charge in [-0.3, -0.25) is 14.3 Å². The minimum absolute atomic E-state index is 0.000585. The van der Waals surface area contributed by atoms with Gasteiger partial charge in [0.05, 0.1) is 18.4 Å². The van der Waals surface area contributed by atoms with Crippen LogP contribution in [-0.4, -0.2) is 63.3 Å². The third-order valence-corrected chi connectivity index (χ3v) is 6.29. The van der Waals surface area contributed by atoms with Gasteiger partial charge in [-0.25, -0.2) is 27.9 Å². The van der Waals surface area contributed by atoms with E-state index in [0.717, 1.165) is 4.68 Å². The van der Waals surface area contributed by atoms with Crippen molar-refractivity contribution >= 4 is 23.2 Å². The van der Waals surface area contributed by atoms with Gasteiger partial charge in [-0.2, -0.15) is 13.2 Å². The number of anilines is 1. The molecule has 1 amide bonds. The van der Waals surface area contributed by atoms with Crippen LogP contribution in [0.5, 0.6) is 0 Å². The van der Waals surface area contributed by atoms with E-state index in [9.17, 15) is 36.6 Å². The van der Waals surface area contributed by atoms with Gasteiger partial charge in [-0.1, -0.05) is 11.6 Å². The van der Waals surface area contributed by atoms with Gasteiger partial charge in [-0.05, 0) is 30.3 Å². The quantitative estimate of drug-likeness (QED) is 0.304. The van der Waals surface area contributed by atoms with Crippen LogP contribution in [0, 0.1) is 5.92 Å². The lowest BCUT2D eigenvalue weighted by Crippen LogP contribution is -2.37. The summed E-state index contributed by atoms with van der Waals surface area (Å²) in [6.07, 6.45) is -4.51. The average molecular weight is 585 g/mol. The third kappa shape index (κ3) is 5.58. The van der Waals surface area contributed by atoms with Crippen molar-refractivity contribution < 1.29 is 31.9 Å². The number of carbonyl (C=O) groups excluding carboxylic acids is 1. The second-order valence-corrected chi connectivity index (χ2v) is 9.38. The molecule has 0 radical (unpaired) electrons. The Hall–Kier alpha value is -4.18. The standard InChI is InChI=1S/C23H18ClF5N8O3/c24-13-3-1-12(2-4-13)19-34-36(21(40)35(19)9-17(38)23(27,28)29)10-18-31-11-37(33-18)16-8-30-6-5-15(16)32-20(39)14-7-22(14,25)26/h1-6,8,11,14,17,38H,7,9-10H2,(H,30,32,39)/t14?,17-/m0/s1. The van der Waals surface area contributed by atoms with Gasteiger partial charge >= 0.3 is 11.9 Å². The lowest BCUT2D eigenvalue weighted by molar-refractivity contribution is -0.207. The van der Waals surface area contributed by atoms with Crippen molar-refractivity contribution in [2.45, 2.75) is 37.7 Å². The van der Waals surface area contributed by atoms with Crippen molar-refractivity contribution in [2.75, 3.05) is 5.32 Å². The summed E-state index contributed by atoms with van der Waals surface area (Å²) in [6.45, 7) is -1.49. The highest BCUT2D eigenvalue weighted by atomic mass is 35.5. The molecule has 1 aliphatic carbocycles. The van der Waals surface area contributed by atoms with Crippen LogP contribution >= 0.6 is 11.6 Å². The van der Waals surface area contributed by atoms with Crippen molar-refractivity contribution in [3.8, 4) is 17.1 Å². The summed E-state index contributed by atoms with van der Waals surface area (Å²) in [6, 6.07) is 7.21. The normalized spacial score (nSPS) is 17.0. The molecule has 1 aromatic carbocycles. The smallest absolute Gasteiger partial charge is 0.382 e. The van der Waals surface area contributed by atoms with E-state index in [-0.39, 0.29) is 35.1 Å². The number of aliphatic hydroxyl groups excluding tert-OH is 1. The number of alkyl halides is 5. The maximum Gasteiger partial charge on any atom is 0.416 e. The molecule has 40 heavy (non-hydrogen) atoms. The molecule has 0 aliphatic heterocycles. The summed E-state index contributed by atoms with van der Waals surface area (Å²) >= 11 is 5.89. The maximum absolute atomic E-state index is 13.3. The Morgan fingerprint density at radius 2 is 1.90 bits per heavy atom. The van der Waals surface area contributed by atoms with Crippen LogP contribution in [-0.2, 0) is 17.9 Å². The molecule has 0 saturated heterocycles. The molecule has 3 heterocycles. The second kappa shape index (κ2) is 10.1. The van der Waals surface area contributed by atoms with E-state index in [0.29, 0.717) is 9.59 Å². The highest BCUT2D eigenvalue weighted by Crippen LogP contribution is 2.49. The van der Waals surface area contributed by atoms with E-state index in [1.54, 1.807) is 0 Å². The molecule has 1 saturated carbocycles. The fraction of sp³-hybridized carbons (Fsp3) is 0.304.